The topological polar surface area (TPSA) is 92.7 Å². The zero-order chi connectivity index (χ0) is 18.1. The Labute approximate surface area is 148 Å². The molecule has 0 radical (unpaired) electrons. The number of anilines is 1. The van der Waals surface area contributed by atoms with Crippen molar-refractivity contribution in [3.63, 3.8) is 0 Å². The van der Waals surface area contributed by atoms with Crippen LogP contribution in [0.2, 0.25) is 0 Å². The number of carbonyl (C=O) groups excluding carboxylic acids is 1. The summed E-state index contributed by atoms with van der Waals surface area (Å²) in [6.45, 7) is 5.64. The number of benzene rings is 1. The second kappa shape index (κ2) is 6.72. The molecule has 8 heteroatoms. The molecule has 2 aromatic heterocycles. The third-order valence-corrected chi connectivity index (χ3v) is 4.91. The monoisotopic (exact) mass is 357 g/mol. The number of thioether (sulfide) groups is 1. The van der Waals surface area contributed by atoms with Gasteiger partial charge < -0.3 is 14.9 Å². The van der Waals surface area contributed by atoms with Crippen molar-refractivity contribution in [3.8, 4) is 0 Å². The zero-order valence-electron chi connectivity index (χ0n) is 14.5. The van der Waals surface area contributed by atoms with Crippen molar-refractivity contribution in [2.75, 3.05) is 11.1 Å². The zero-order valence-corrected chi connectivity index (χ0v) is 15.3. The lowest BCUT2D eigenvalue weighted by Gasteiger charge is -2.11. The van der Waals surface area contributed by atoms with E-state index in [0.717, 1.165) is 16.8 Å². The van der Waals surface area contributed by atoms with Gasteiger partial charge in [0, 0.05) is 12.7 Å². The summed E-state index contributed by atoms with van der Waals surface area (Å²) in [4.78, 5) is 35.5. The maximum absolute atomic E-state index is 12.3. The predicted molar refractivity (Wildman–Crippen MR) is 99.1 cm³/mol. The van der Waals surface area contributed by atoms with E-state index in [1.807, 2.05) is 32.0 Å². The molecule has 2 heterocycles. The molecule has 0 fully saturated rings. The molecule has 0 aliphatic rings. The van der Waals surface area contributed by atoms with Crippen LogP contribution in [0, 0.1) is 20.8 Å². The molecule has 7 nitrogen and oxygen atoms in total. The van der Waals surface area contributed by atoms with Gasteiger partial charge in [-0.3, -0.25) is 9.59 Å². The molecular formula is C17H19N5O2S. The highest BCUT2D eigenvalue weighted by Crippen LogP contribution is 2.22. The number of aromatic amines is 1. The third kappa shape index (κ3) is 3.43. The molecule has 0 saturated carbocycles. The largest absolute Gasteiger partial charge is 0.325 e. The average Bonchev–Trinajstić information content (AvgIpc) is 2.86. The normalized spacial score (nSPS) is 11.0. The second-order valence-electron chi connectivity index (χ2n) is 5.88. The number of rotatable bonds is 4. The van der Waals surface area contributed by atoms with Crippen LogP contribution in [0.4, 0.5) is 5.69 Å². The SMILES string of the molecule is Cc1nc2c(nc(SCC(=O)Nc3c(C)cccc3C)n2C)c(=O)[nH]1. The summed E-state index contributed by atoms with van der Waals surface area (Å²) in [7, 11) is 1.78. The van der Waals surface area contributed by atoms with E-state index in [0.29, 0.717) is 16.6 Å². The van der Waals surface area contributed by atoms with Crippen molar-refractivity contribution in [3.05, 3.63) is 45.5 Å². The molecule has 0 unspecified atom stereocenters. The third-order valence-electron chi connectivity index (χ3n) is 3.88. The molecule has 0 aliphatic carbocycles. The molecule has 0 saturated heterocycles. The van der Waals surface area contributed by atoms with E-state index in [1.165, 1.54) is 11.8 Å². The minimum atomic E-state index is -0.273. The highest BCUT2D eigenvalue weighted by molar-refractivity contribution is 7.99. The van der Waals surface area contributed by atoms with Crippen molar-refractivity contribution >= 4 is 34.5 Å². The molecule has 1 amide bonds. The fourth-order valence-corrected chi connectivity index (χ4v) is 3.38. The van der Waals surface area contributed by atoms with Gasteiger partial charge in [0.25, 0.3) is 5.56 Å². The summed E-state index contributed by atoms with van der Waals surface area (Å²) in [5, 5.41) is 3.52. The first kappa shape index (κ1) is 17.2. The standard InChI is InChI=1S/C17H19N5O2S/c1-9-6-5-7-10(2)13(9)20-12(23)8-25-17-21-14-15(22(17)4)18-11(3)19-16(14)24/h5-7H,8H2,1-4H3,(H,20,23)(H,18,19,24). The first-order valence-corrected chi connectivity index (χ1v) is 8.77. The number of aromatic nitrogens is 4. The summed E-state index contributed by atoms with van der Waals surface area (Å²) < 4.78 is 1.73. The molecule has 130 valence electrons. The van der Waals surface area contributed by atoms with E-state index in [2.05, 4.69) is 20.3 Å². The lowest BCUT2D eigenvalue weighted by atomic mass is 10.1. The summed E-state index contributed by atoms with van der Waals surface area (Å²) in [5.41, 5.74) is 3.40. The Kier molecular flexibility index (Phi) is 4.63. The maximum Gasteiger partial charge on any atom is 0.279 e. The van der Waals surface area contributed by atoms with E-state index >= 15 is 0 Å². The van der Waals surface area contributed by atoms with Crippen LogP contribution in [-0.2, 0) is 11.8 Å². The van der Waals surface area contributed by atoms with Crippen molar-refractivity contribution in [1.82, 2.24) is 19.5 Å². The Morgan fingerprint density at radius 2 is 1.92 bits per heavy atom. The van der Waals surface area contributed by atoms with Gasteiger partial charge in [0.05, 0.1) is 5.75 Å². The van der Waals surface area contributed by atoms with Gasteiger partial charge in [-0.1, -0.05) is 30.0 Å². The number of nitrogens with one attached hydrogen (secondary N) is 2. The Balaban J connectivity index is 1.77. The van der Waals surface area contributed by atoms with Crippen LogP contribution >= 0.6 is 11.8 Å². The molecule has 1 aromatic carbocycles. The molecule has 2 N–H and O–H groups in total. The lowest BCUT2D eigenvalue weighted by Crippen LogP contribution is -2.16. The van der Waals surface area contributed by atoms with Crippen molar-refractivity contribution in [2.45, 2.75) is 25.9 Å². The molecule has 3 aromatic rings. The maximum atomic E-state index is 12.3. The van der Waals surface area contributed by atoms with Crippen molar-refractivity contribution < 1.29 is 4.79 Å². The summed E-state index contributed by atoms with van der Waals surface area (Å²) in [6.07, 6.45) is 0. The second-order valence-corrected chi connectivity index (χ2v) is 6.82. The predicted octanol–water partition coefficient (Wildman–Crippen LogP) is 2.31. The van der Waals surface area contributed by atoms with Crippen molar-refractivity contribution in [1.29, 1.82) is 0 Å². The number of amides is 1. The van der Waals surface area contributed by atoms with Gasteiger partial charge >= 0.3 is 0 Å². The van der Waals surface area contributed by atoms with Gasteiger partial charge in [-0.25, -0.2) is 9.97 Å². The smallest absolute Gasteiger partial charge is 0.279 e. The van der Waals surface area contributed by atoms with E-state index in [1.54, 1.807) is 18.5 Å². The molecule has 0 aliphatic heterocycles. The molecule has 25 heavy (non-hydrogen) atoms. The number of hydrogen-bond donors (Lipinski definition) is 2. The van der Waals surface area contributed by atoms with E-state index in [9.17, 15) is 9.59 Å². The highest BCUT2D eigenvalue weighted by Gasteiger charge is 2.15. The number of carbonyl (C=O) groups is 1. The first-order chi connectivity index (χ1) is 11.9. The van der Waals surface area contributed by atoms with Crippen LogP contribution in [0.3, 0.4) is 0 Å². The Morgan fingerprint density at radius 1 is 1.24 bits per heavy atom. The quantitative estimate of drug-likeness (QED) is 0.699. The number of fused-ring (bicyclic) bond motifs is 1. The molecule has 0 bridgehead atoms. The van der Waals surface area contributed by atoms with Crippen molar-refractivity contribution in [2.24, 2.45) is 7.05 Å². The minimum absolute atomic E-state index is 0.118. The Morgan fingerprint density at radius 3 is 2.60 bits per heavy atom. The van der Waals surface area contributed by atoms with Gasteiger partial charge in [-0.05, 0) is 31.9 Å². The van der Waals surface area contributed by atoms with Crippen LogP contribution in [0.5, 0.6) is 0 Å². The van der Waals surface area contributed by atoms with Gasteiger partial charge in [0.15, 0.2) is 16.3 Å². The fraction of sp³-hybridized carbons (Fsp3) is 0.294. The lowest BCUT2D eigenvalue weighted by molar-refractivity contribution is -0.113. The van der Waals surface area contributed by atoms with Crippen LogP contribution in [0.25, 0.3) is 11.2 Å². The van der Waals surface area contributed by atoms with Crippen LogP contribution in [0.1, 0.15) is 17.0 Å². The summed E-state index contributed by atoms with van der Waals surface area (Å²) in [5.74, 6) is 0.610. The van der Waals surface area contributed by atoms with Crippen LogP contribution in [0.15, 0.2) is 28.2 Å². The van der Waals surface area contributed by atoms with Gasteiger partial charge in [-0.15, -0.1) is 0 Å². The van der Waals surface area contributed by atoms with Crippen LogP contribution in [-0.4, -0.2) is 31.2 Å². The number of imidazole rings is 1. The number of aryl methyl sites for hydroxylation is 4. The average molecular weight is 357 g/mol. The Hall–Kier alpha value is -2.61. The minimum Gasteiger partial charge on any atom is -0.325 e. The van der Waals surface area contributed by atoms with E-state index in [-0.39, 0.29) is 22.7 Å². The highest BCUT2D eigenvalue weighted by atomic mass is 32.2. The summed E-state index contributed by atoms with van der Waals surface area (Å²) in [6, 6.07) is 5.88. The molecule has 0 spiro atoms. The molecular weight excluding hydrogens is 338 g/mol. The number of hydrogen-bond acceptors (Lipinski definition) is 5. The fourth-order valence-electron chi connectivity index (χ4n) is 2.61. The van der Waals surface area contributed by atoms with E-state index < -0.39 is 0 Å². The van der Waals surface area contributed by atoms with Gasteiger partial charge in [0.1, 0.15) is 5.82 Å². The Bertz CT molecular complexity index is 1000. The van der Waals surface area contributed by atoms with Gasteiger partial charge in [0.2, 0.25) is 5.91 Å². The number of para-hydroxylation sites is 1. The first-order valence-electron chi connectivity index (χ1n) is 7.79. The number of H-pyrrole nitrogens is 1. The number of nitrogens with zero attached hydrogens (tertiary/aromatic N) is 3. The molecule has 3 rings (SSSR count). The molecule has 0 atom stereocenters. The van der Waals surface area contributed by atoms with Crippen LogP contribution < -0.4 is 10.9 Å². The summed E-state index contributed by atoms with van der Waals surface area (Å²) >= 11 is 1.27. The van der Waals surface area contributed by atoms with Gasteiger partial charge in [-0.2, -0.15) is 0 Å². The van der Waals surface area contributed by atoms with E-state index in [4.69, 9.17) is 0 Å².